The van der Waals surface area contributed by atoms with Gasteiger partial charge in [0.05, 0.1) is 23.3 Å². The molecule has 1 saturated heterocycles. The van der Waals surface area contributed by atoms with Crippen molar-refractivity contribution in [2.24, 2.45) is 0 Å². The Balaban J connectivity index is 1.36. The zero-order chi connectivity index (χ0) is 17.5. The van der Waals surface area contributed by atoms with Gasteiger partial charge >= 0.3 is 0 Å². The van der Waals surface area contributed by atoms with E-state index in [0.29, 0.717) is 12.0 Å². The SMILES string of the molecule is C[C@H]1CN(Cc2nc3ccccc3s2)Cc2nnc(C3CCOCC3)n21. The lowest BCUT2D eigenvalue weighted by Crippen LogP contribution is -2.37. The van der Waals surface area contributed by atoms with E-state index < -0.39 is 0 Å². The summed E-state index contributed by atoms with van der Waals surface area (Å²) in [4.78, 5) is 7.23. The van der Waals surface area contributed by atoms with Gasteiger partial charge in [0.25, 0.3) is 0 Å². The Labute approximate surface area is 156 Å². The maximum Gasteiger partial charge on any atom is 0.147 e. The first-order valence-corrected chi connectivity index (χ1v) is 10.2. The molecule has 0 unspecified atom stereocenters. The summed E-state index contributed by atoms with van der Waals surface area (Å²) in [6.45, 7) is 6.69. The normalized spacial score (nSPS) is 22.0. The number of para-hydroxylation sites is 1. The Kier molecular flexibility index (Phi) is 4.23. The van der Waals surface area contributed by atoms with Crippen LogP contribution in [0, 0.1) is 0 Å². The summed E-state index contributed by atoms with van der Waals surface area (Å²) in [5.41, 5.74) is 1.10. The van der Waals surface area contributed by atoms with Crippen molar-refractivity contribution in [3.05, 3.63) is 40.9 Å². The summed E-state index contributed by atoms with van der Waals surface area (Å²) in [7, 11) is 0. The number of benzene rings is 1. The second-order valence-corrected chi connectivity index (χ2v) is 8.44. The molecule has 0 saturated carbocycles. The Morgan fingerprint density at radius 1 is 1.19 bits per heavy atom. The lowest BCUT2D eigenvalue weighted by Gasteiger charge is -2.33. The topological polar surface area (TPSA) is 56.1 Å². The highest BCUT2D eigenvalue weighted by atomic mass is 32.1. The van der Waals surface area contributed by atoms with E-state index in [9.17, 15) is 0 Å². The highest BCUT2D eigenvalue weighted by Gasteiger charge is 2.30. The largest absolute Gasteiger partial charge is 0.381 e. The van der Waals surface area contributed by atoms with Crippen LogP contribution in [0.4, 0.5) is 0 Å². The van der Waals surface area contributed by atoms with E-state index in [1.54, 1.807) is 11.3 Å². The zero-order valence-electron chi connectivity index (χ0n) is 15.0. The summed E-state index contributed by atoms with van der Waals surface area (Å²) in [6, 6.07) is 8.75. The van der Waals surface area contributed by atoms with Gasteiger partial charge in [0.15, 0.2) is 0 Å². The summed E-state index contributed by atoms with van der Waals surface area (Å²) in [5, 5.41) is 10.3. The van der Waals surface area contributed by atoms with Crippen LogP contribution in [0.3, 0.4) is 0 Å². The van der Waals surface area contributed by atoms with E-state index in [4.69, 9.17) is 9.72 Å². The van der Waals surface area contributed by atoms with Crippen LogP contribution in [0.1, 0.15) is 48.4 Å². The van der Waals surface area contributed by atoms with Gasteiger partial charge in [-0.15, -0.1) is 21.5 Å². The highest BCUT2D eigenvalue weighted by Crippen LogP contribution is 2.32. The number of nitrogens with zero attached hydrogens (tertiary/aromatic N) is 5. The van der Waals surface area contributed by atoms with Gasteiger partial charge in [0, 0.05) is 31.7 Å². The Bertz CT molecular complexity index is 881. The van der Waals surface area contributed by atoms with Gasteiger partial charge in [0.1, 0.15) is 16.7 Å². The smallest absolute Gasteiger partial charge is 0.147 e. The molecule has 7 heteroatoms. The first-order chi connectivity index (χ1) is 12.8. The minimum atomic E-state index is 0.390. The number of hydrogen-bond donors (Lipinski definition) is 0. The molecule has 6 nitrogen and oxygen atoms in total. The monoisotopic (exact) mass is 369 g/mol. The van der Waals surface area contributed by atoms with E-state index in [1.807, 2.05) is 0 Å². The van der Waals surface area contributed by atoms with Crippen LogP contribution >= 0.6 is 11.3 Å². The molecular weight excluding hydrogens is 346 g/mol. The predicted octanol–water partition coefficient (Wildman–Crippen LogP) is 3.36. The third-order valence-electron chi connectivity index (χ3n) is 5.40. The average Bonchev–Trinajstić information content (AvgIpc) is 3.26. The number of hydrogen-bond acceptors (Lipinski definition) is 6. The summed E-state index contributed by atoms with van der Waals surface area (Å²) >= 11 is 1.79. The fourth-order valence-corrected chi connectivity index (χ4v) is 5.19. The van der Waals surface area contributed by atoms with Gasteiger partial charge in [0.2, 0.25) is 0 Å². The molecular formula is C19H23N5OS. The van der Waals surface area contributed by atoms with Gasteiger partial charge in [-0.2, -0.15) is 0 Å². The van der Waals surface area contributed by atoms with Crippen molar-refractivity contribution in [2.45, 2.75) is 44.8 Å². The third-order valence-corrected chi connectivity index (χ3v) is 6.43. The molecule has 2 aromatic heterocycles. The molecule has 5 rings (SSSR count). The molecule has 136 valence electrons. The molecule has 0 amide bonds. The van der Waals surface area contributed by atoms with Crippen molar-refractivity contribution in [1.29, 1.82) is 0 Å². The first kappa shape index (κ1) is 16.4. The van der Waals surface area contributed by atoms with Crippen molar-refractivity contribution >= 4 is 21.6 Å². The standard InChI is InChI=1S/C19H23N5OS/c1-13-10-23(12-18-20-15-4-2-3-5-16(15)26-18)11-17-21-22-19(24(13)17)14-6-8-25-9-7-14/h2-5,13-14H,6-12H2,1H3/t13-/m0/s1. The molecule has 0 spiro atoms. The number of aromatic nitrogens is 4. The molecule has 1 fully saturated rings. The van der Waals surface area contributed by atoms with Gasteiger partial charge in [-0.05, 0) is 31.9 Å². The maximum absolute atomic E-state index is 5.51. The van der Waals surface area contributed by atoms with Crippen LogP contribution in [0.2, 0.25) is 0 Å². The van der Waals surface area contributed by atoms with Crippen molar-refractivity contribution in [2.75, 3.05) is 19.8 Å². The van der Waals surface area contributed by atoms with Crippen LogP contribution < -0.4 is 0 Å². The third kappa shape index (κ3) is 2.94. The molecule has 0 N–H and O–H groups in total. The van der Waals surface area contributed by atoms with Crippen LogP contribution in [-0.2, 0) is 17.8 Å². The van der Waals surface area contributed by atoms with Crippen molar-refractivity contribution in [1.82, 2.24) is 24.6 Å². The highest BCUT2D eigenvalue weighted by molar-refractivity contribution is 7.18. The predicted molar refractivity (Wildman–Crippen MR) is 101 cm³/mol. The van der Waals surface area contributed by atoms with Crippen LogP contribution in [0.5, 0.6) is 0 Å². The number of rotatable bonds is 3. The van der Waals surface area contributed by atoms with Crippen molar-refractivity contribution in [3.63, 3.8) is 0 Å². The van der Waals surface area contributed by atoms with Crippen LogP contribution in [-0.4, -0.2) is 44.4 Å². The first-order valence-electron chi connectivity index (χ1n) is 9.36. The van der Waals surface area contributed by atoms with Gasteiger partial charge < -0.3 is 9.30 Å². The van der Waals surface area contributed by atoms with Crippen molar-refractivity contribution < 1.29 is 4.74 Å². The number of ether oxygens (including phenoxy) is 1. The minimum absolute atomic E-state index is 0.390. The quantitative estimate of drug-likeness (QED) is 0.709. The fourth-order valence-electron chi connectivity index (χ4n) is 4.18. The maximum atomic E-state index is 5.51. The lowest BCUT2D eigenvalue weighted by atomic mass is 9.99. The molecule has 0 aliphatic carbocycles. The van der Waals surface area contributed by atoms with E-state index >= 15 is 0 Å². The summed E-state index contributed by atoms with van der Waals surface area (Å²) < 4.78 is 9.15. The van der Waals surface area contributed by atoms with Crippen LogP contribution in [0.15, 0.2) is 24.3 Å². The van der Waals surface area contributed by atoms with E-state index in [-0.39, 0.29) is 0 Å². The zero-order valence-corrected chi connectivity index (χ0v) is 15.8. The number of fused-ring (bicyclic) bond motifs is 2. The molecule has 0 bridgehead atoms. The van der Waals surface area contributed by atoms with Gasteiger partial charge in [-0.1, -0.05) is 12.1 Å². The second-order valence-electron chi connectivity index (χ2n) is 7.33. The van der Waals surface area contributed by atoms with E-state index in [0.717, 1.165) is 62.9 Å². The lowest BCUT2D eigenvalue weighted by molar-refractivity contribution is 0.0813. The molecule has 26 heavy (non-hydrogen) atoms. The van der Waals surface area contributed by atoms with E-state index in [2.05, 4.69) is 50.9 Å². The van der Waals surface area contributed by atoms with Gasteiger partial charge in [-0.3, -0.25) is 4.90 Å². The molecule has 1 atom stereocenters. The molecule has 3 aromatic rings. The molecule has 2 aliphatic heterocycles. The van der Waals surface area contributed by atoms with Crippen LogP contribution in [0.25, 0.3) is 10.2 Å². The molecule has 2 aliphatic rings. The molecule has 0 radical (unpaired) electrons. The van der Waals surface area contributed by atoms with Gasteiger partial charge in [-0.25, -0.2) is 4.98 Å². The number of thiazole rings is 1. The Hall–Kier alpha value is -1.83. The second kappa shape index (κ2) is 6.72. The summed E-state index contributed by atoms with van der Waals surface area (Å²) in [5.74, 6) is 2.74. The molecule has 4 heterocycles. The Morgan fingerprint density at radius 2 is 2.04 bits per heavy atom. The van der Waals surface area contributed by atoms with E-state index in [1.165, 1.54) is 9.71 Å². The van der Waals surface area contributed by atoms with Crippen molar-refractivity contribution in [3.8, 4) is 0 Å². The fraction of sp³-hybridized carbons (Fsp3) is 0.526. The minimum Gasteiger partial charge on any atom is -0.381 e. The Morgan fingerprint density at radius 3 is 2.88 bits per heavy atom. The summed E-state index contributed by atoms with van der Waals surface area (Å²) in [6.07, 6.45) is 2.11. The molecule has 1 aromatic carbocycles. The average molecular weight is 369 g/mol.